The smallest absolute Gasteiger partial charge is 0.0691 e. The van der Waals surface area contributed by atoms with Crippen LogP contribution in [0.4, 0.5) is 0 Å². The van der Waals surface area contributed by atoms with Gasteiger partial charge in [0.15, 0.2) is 0 Å². The third kappa shape index (κ3) is 5.24. The molecule has 0 fully saturated rings. The van der Waals surface area contributed by atoms with Crippen molar-refractivity contribution in [3.05, 3.63) is 0 Å². The number of nitrogens with one attached hydrogen (secondary N) is 1. The van der Waals surface area contributed by atoms with Gasteiger partial charge in [0.25, 0.3) is 0 Å². The summed E-state index contributed by atoms with van der Waals surface area (Å²) in [5.41, 5.74) is -0.769. The Hall–Kier alpha value is -0.120. The average Bonchev–Trinajstić information content (AvgIpc) is 1.99. The molecule has 0 amide bonds. The second-order valence-corrected chi connectivity index (χ2v) is 4.18. The Morgan fingerprint density at radius 2 is 1.92 bits per heavy atom. The Morgan fingerprint density at radius 1 is 1.38 bits per heavy atom. The van der Waals surface area contributed by atoms with Gasteiger partial charge < -0.3 is 15.5 Å². The van der Waals surface area contributed by atoms with Crippen LogP contribution in [-0.4, -0.2) is 35.0 Å². The van der Waals surface area contributed by atoms with E-state index in [1.165, 1.54) is 0 Å². The second-order valence-electron chi connectivity index (χ2n) is 4.18. The van der Waals surface area contributed by atoms with Gasteiger partial charge in [-0.25, -0.2) is 0 Å². The van der Waals surface area contributed by atoms with Gasteiger partial charge in [0, 0.05) is 13.0 Å². The summed E-state index contributed by atoms with van der Waals surface area (Å²) in [6, 6.07) is 0. The van der Waals surface area contributed by atoms with Gasteiger partial charge in [0.2, 0.25) is 0 Å². The Kier molecular flexibility index (Phi) is 5.53. The molecule has 0 spiro atoms. The molecule has 0 aromatic heterocycles. The summed E-state index contributed by atoms with van der Waals surface area (Å²) in [7, 11) is 0. The minimum Gasteiger partial charge on any atom is -0.392 e. The van der Waals surface area contributed by atoms with Crippen molar-refractivity contribution in [2.24, 2.45) is 5.92 Å². The van der Waals surface area contributed by atoms with Crippen molar-refractivity contribution in [2.75, 3.05) is 13.1 Å². The molecular weight excluding hydrogens is 166 g/mol. The van der Waals surface area contributed by atoms with Crippen molar-refractivity contribution in [1.29, 1.82) is 0 Å². The highest BCUT2D eigenvalue weighted by molar-refractivity contribution is 4.80. The van der Waals surface area contributed by atoms with Gasteiger partial charge in [-0.05, 0) is 19.4 Å². The summed E-state index contributed by atoms with van der Waals surface area (Å²) in [5, 5.41) is 22.5. The lowest BCUT2D eigenvalue weighted by Gasteiger charge is -2.30. The fourth-order valence-electron chi connectivity index (χ4n) is 1.10. The van der Waals surface area contributed by atoms with Crippen LogP contribution in [0.3, 0.4) is 0 Å². The molecule has 0 aliphatic heterocycles. The molecule has 0 aromatic carbocycles. The SMILES string of the molecule is CCNC[C@@H](O)C[C@](C)(O)C(C)C. The zero-order valence-corrected chi connectivity index (χ0v) is 9.17. The van der Waals surface area contributed by atoms with Crippen LogP contribution in [-0.2, 0) is 0 Å². The van der Waals surface area contributed by atoms with Crippen LogP contribution in [0.25, 0.3) is 0 Å². The molecule has 0 saturated heterocycles. The first-order valence-corrected chi connectivity index (χ1v) is 5.01. The van der Waals surface area contributed by atoms with Gasteiger partial charge in [0.05, 0.1) is 11.7 Å². The maximum Gasteiger partial charge on any atom is 0.0691 e. The zero-order valence-electron chi connectivity index (χ0n) is 9.17. The predicted octanol–water partition coefficient (Wildman–Crippen LogP) is 0.754. The lowest BCUT2D eigenvalue weighted by Crippen LogP contribution is -2.39. The van der Waals surface area contributed by atoms with E-state index in [-0.39, 0.29) is 5.92 Å². The third-order valence-electron chi connectivity index (χ3n) is 2.52. The van der Waals surface area contributed by atoms with Gasteiger partial charge in [0.1, 0.15) is 0 Å². The Labute approximate surface area is 81.2 Å². The van der Waals surface area contributed by atoms with E-state index in [1.807, 2.05) is 20.8 Å². The minimum atomic E-state index is -0.769. The average molecular weight is 189 g/mol. The number of hydrogen-bond acceptors (Lipinski definition) is 3. The van der Waals surface area contributed by atoms with E-state index in [4.69, 9.17) is 0 Å². The molecule has 0 aliphatic carbocycles. The van der Waals surface area contributed by atoms with Crippen LogP contribution in [0.15, 0.2) is 0 Å². The van der Waals surface area contributed by atoms with Crippen molar-refractivity contribution >= 4 is 0 Å². The largest absolute Gasteiger partial charge is 0.392 e. The van der Waals surface area contributed by atoms with E-state index in [0.717, 1.165) is 6.54 Å². The number of aliphatic hydroxyl groups is 2. The molecule has 0 saturated carbocycles. The lowest BCUT2D eigenvalue weighted by atomic mass is 9.87. The fraction of sp³-hybridized carbons (Fsp3) is 1.00. The maximum atomic E-state index is 9.87. The molecule has 3 heteroatoms. The Morgan fingerprint density at radius 3 is 2.31 bits per heavy atom. The summed E-state index contributed by atoms with van der Waals surface area (Å²) >= 11 is 0. The Balaban J connectivity index is 3.82. The maximum absolute atomic E-state index is 9.87. The van der Waals surface area contributed by atoms with Crippen LogP contribution in [0.1, 0.15) is 34.1 Å². The van der Waals surface area contributed by atoms with E-state index in [2.05, 4.69) is 5.32 Å². The van der Waals surface area contributed by atoms with Crippen LogP contribution in [0, 0.1) is 5.92 Å². The number of rotatable bonds is 6. The highest BCUT2D eigenvalue weighted by atomic mass is 16.3. The third-order valence-corrected chi connectivity index (χ3v) is 2.52. The first-order valence-electron chi connectivity index (χ1n) is 5.01. The van der Waals surface area contributed by atoms with Crippen LogP contribution in [0.2, 0.25) is 0 Å². The van der Waals surface area contributed by atoms with Crippen molar-refractivity contribution in [1.82, 2.24) is 5.32 Å². The number of hydrogen-bond donors (Lipinski definition) is 3. The highest BCUT2D eigenvalue weighted by Crippen LogP contribution is 2.21. The molecule has 0 bridgehead atoms. The molecule has 2 atom stereocenters. The van der Waals surface area contributed by atoms with E-state index in [1.54, 1.807) is 6.92 Å². The predicted molar refractivity (Wildman–Crippen MR) is 54.6 cm³/mol. The number of aliphatic hydroxyl groups excluding tert-OH is 1. The highest BCUT2D eigenvalue weighted by Gasteiger charge is 2.27. The molecule has 0 aliphatic rings. The fourth-order valence-corrected chi connectivity index (χ4v) is 1.10. The van der Waals surface area contributed by atoms with Gasteiger partial charge >= 0.3 is 0 Å². The normalized spacial score (nSPS) is 18.7. The van der Waals surface area contributed by atoms with Crippen molar-refractivity contribution in [2.45, 2.75) is 45.8 Å². The summed E-state index contributed by atoms with van der Waals surface area (Å²) < 4.78 is 0. The molecule has 0 heterocycles. The summed E-state index contributed by atoms with van der Waals surface area (Å²) in [5.74, 6) is 0.170. The first kappa shape index (κ1) is 12.9. The molecule has 3 nitrogen and oxygen atoms in total. The molecule has 0 unspecified atom stereocenters. The standard InChI is InChI=1S/C10H23NO2/c1-5-11-7-9(12)6-10(4,13)8(2)3/h8-9,11-13H,5-7H2,1-4H3/t9-,10-/m0/s1. The molecule has 3 N–H and O–H groups in total. The van der Waals surface area contributed by atoms with E-state index in [0.29, 0.717) is 13.0 Å². The lowest BCUT2D eigenvalue weighted by molar-refractivity contribution is -0.0302. The van der Waals surface area contributed by atoms with Crippen LogP contribution in [0.5, 0.6) is 0 Å². The molecule has 13 heavy (non-hydrogen) atoms. The van der Waals surface area contributed by atoms with E-state index < -0.39 is 11.7 Å². The minimum absolute atomic E-state index is 0.170. The molecular formula is C10H23NO2. The van der Waals surface area contributed by atoms with Crippen LogP contribution < -0.4 is 5.32 Å². The second kappa shape index (κ2) is 5.58. The molecule has 0 rings (SSSR count). The summed E-state index contributed by atoms with van der Waals surface area (Å²) in [6.07, 6.45) is -0.0325. The van der Waals surface area contributed by atoms with E-state index >= 15 is 0 Å². The van der Waals surface area contributed by atoms with Crippen molar-refractivity contribution < 1.29 is 10.2 Å². The summed E-state index contributed by atoms with van der Waals surface area (Å²) in [6.45, 7) is 9.08. The van der Waals surface area contributed by atoms with Gasteiger partial charge in [-0.1, -0.05) is 20.8 Å². The summed E-state index contributed by atoms with van der Waals surface area (Å²) in [4.78, 5) is 0. The Bertz CT molecular complexity index is 135. The van der Waals surface area contributed by atoms with Crippen molar-refractivity contribution in [3.63, 3.8) is 0 Å². The molecule has 0 radical (unpaired) electrons. The number of likely N-dealkylation sites (N-methyl/N-ethyl adjacent to an activating group) is 1. The van der Waals surface area contributed by atoms with Gasteiger partial charge in [-0.3, -0.25) is 0 Å². The molecule has 80 valence electrons. The van der Waals surface area contributed by atoms with Gasteiger partial charge in [-0.2, -0.15) is 0 Å². The van der Waals surface area contributed by atoms with Crippen LogP contribution >= 0.6 is 0 Å². The zero-order chi connectivity index (χ0) is 10.5. The monoisotopic (exact) mass is 189 g/mol. The topological polar surface area (TPSA) is 52.5 Å². The van der Waals surface area contributed by atoms with E-state index in [9.17, 15) is 10.2 Å². The molecule has 0 aromatic rings. The first-order chi connectivity index (χ1) is 5.90. The van der Waals surface area contributed by atoms with Gasteiger partial charge in [-0.15, -0.1) is 0 Å². The quantitative estimate of drug-likeness (QED) is 0.578. The van der Waals surface area contributed by atoms with Crippen molar-refractivity contribution in [3.8, 4) is 0 Å².